The van der Waals surface area contributed by atoms with Gasteiger partial charge in [-0.1, -0.05) is 78.3 Å². The van der Waals surface area contributed by atoms with Crippen LogP contribution in [0.25, 0.3) is 0 Å². The number of nitrogens with zero attached hydrogens (tertiary/aromatic N) is 1. The summed E-state index contributed by atoms with van der Waals surface area (Å²) < 4.78 is 5.11. The van der Waals surface area contributed by atoms with Gasteiger partial charge in [0, 0.05) is 23.1 Å². The molecule has 0 aliphatic rings. The first-order valence-corrected chi connectivity index (χ1v) is 13.2. The Morgan fingerprint density at radius 3 is 2.16 bits per heavy atom. The van der Waals surface area contributed by atoms with E-state index in [-0.39, 0.29) is 30.4 Å². The molecule has 37 heavy (non-hydrogen) atoms. The van der Waals surface area contributed by atoms with Crippen molar-refractivity contribution in [3.63, 3.8) is 0 Å². The number of hydrogen-bond donors (Lipinski definition) is 2. The Labute approximate surface area is 228 Å². The van der Waals surface area contributed by atoms with E-state index < -0.39 is 28.9 Å². The molecule has 0 spiro atoms. The molecule has 2 N–H and O–H groups in total. The van der Waals surface area contributed by atoms with Crippen LogP contribution < -0.4 is 10.6 Å². The van der Waals surface area contributed by atoms with Crippen molar-refractivity contribution in [2.45, 2.75) is 85.9 Å². The van der Waals surface area contributed by atoms with Crippen molar-refractivity contribution in [2.24, 2.45) is 11.3 Å². The predicted molar refractivity (Wildman–Crippen MR) is 150 cm³/mol. The van der Waals surface area contributed by atoms with Gasteiger partial charge in [0.05, 0.1) is 18.7 Å². The van der Waals surface area contributed by atoms with Gasteiger partial charge >= 0.3 is 5.97 Å². The lowest BCUT2D eigenvalue weighted by atomic mass is 9.76. The minimum atomic E-state index is -0.798. The maximum Gasteiger partial charge on any atom is 0.333 e. The van der Waals surface area contributed by atoms with Crippen molar-refractivity contribution in [1.29, 1.82) is 0 Å². The molecule has 1 aromatic carbocycles. The molecule has 0 bridgehead atoms. The first-order chi connectivity index (χ1) is 17.0. The van der Waals surface area contributed by atoms with Crippen LogP contribution in [-0.4, -0.2) is 61.5 Å². The average molecular weight is 536 g/mol. The molecule has 0 heterocycles. The third-order valence-electron chi connectivity index (χ3n) is 6.74. The number of carbonyl (C=O) groups excluding carboxylic acids is 3. The minimum absolute atomic E-state index is 0.0291. The minimum Gasteiger partial charge on any atom is -0.463 e. The molecule has 1 rings (SSSR count). The van der Waals surface area contributed by atoms with Gasteiger partial charge in [-0.2, -0.15) is 0 Å². The van der Waals surface area contributed by atoms with Crippen LogP contribution in [-0.2, 0) is 24.5 Å². The highest BCUT2D eigenvalue weighted by Crippen LogP contribution is 2.30. The Hall–Kier alpha value is -2.38. The third-order valence-corrected chi connectivity index (χ3v) is 6.97. The molecule has 3 atom stereocenters. The summed E-state index contributed by atoms with van der Waals surface area (Å²) in [5.74, 6) is -0.896. The van der Waals surface area contributed by atoms with Gasteiger partial charge in [0.1, 0.15) is 6.04 Å². The van der Waals surface area contributed by atoms with Crippen LogP contribution in [0.15, 0.2) is 35.9 Å². The molecular formula is C29H46ClN3O4. The van der Waals surface area contributed by atoms with E-state index in [0.717, 1.165) is 5.56 Å². The van der Waals surface area contributed by atoms with Crippen LogP contribution in [0.3, 0.4) is 0 Å². The van der Waals surface area contributed by atoms with E-state index in [4.69, 9.17) is 16.3 Å². The van der Waals surface area contributed by atoms with E-state index in [1.54, 1.807) is 45.0 Å². The molecule has 0 aliphatic heterocycles. The summed E-state index contributed by atoms with van der Waals surface area (Å²) in [5.41, 5.74) is 0.168. The number of esters is 1. The van der Waals surface area contributed by atoms with Crippen molar-refractivity contribution in [2.75, 3.05) is 20.7 Å². The molecule has 0 aromatic heterocycles. The summed E-state index contributed by atoms with van der Waals surface area (Å²) in [6, 6.07) is 5.66. The molecule has 8 heteroatoms. The second-order valence-electron chi connectivity index (χ2n) is 11.5. The van der Waals surface area contributed by atoms with E-state index in [2.05, 4.69) is 10.6 Å². The van der Waals surface area contributed by atoms with Crippen molar-refractivity contribution in [3.05, 3.63) is 46.5 Å². The predicted octanol–water partition coefficient (Wildman–Crippen LogP) is 4.73. The Kier molecular flexibility index (Phi) is 11.8. The molecule has 0 aliphatic carbocycles. The number of nitrogens with one attached hydrogen (secondary N) is 2. The molecule has 0 fully saturated rings. The molecule has 0 saturated carbocycles. The first kappa shape index (κ1) is 32.6. The van der Waals surface area contributed by atoms with Gasteiger partial charge in [-0.3, -0.25) is 9.59 Å². The van der Waals surface area contributed by atoms with Crippen molar-refractivity contribution >= 4 is 29.4 Å². The lowest BCUT2D eigenvalue weighted by Crippen LogP contribution is -2.61. The summed E-state index contributed by atoms with van der Waals surface area (Å²) in [7, 11) is 3.44. The number of carbonyl (C=O) groups is 3. The number of benzene rings is 1. The van der Waals surface area contributed by atoms with Crippen molar-refractivity contribution in [1.82, 2.24) is 15.5 Å². The number of rotatable bonds is 11. The van der Waals surface area contributed by atoms with E-state index >= 15 is 0 Å². The first-order valence-electron chi connectivity index (χ1n) is 12.8. The molecule has 2 amide bonds. The van der Waals surface area contributed by atoms with Gasteiger partial charge in [-0.25, -0.2) is 4.79 Å². The van der Waals surface area contributed by atoms with Gasteiger partial charge in [-0.15, -0.1) is 0 Å². The van der Waals surface area contributed by atoms with Crippen LogP contribution in [0.4, 0.5) is 0 Å². The fourth-order valence-corrected chi connectivity index (χ4v) is 4.61. The van der Waals surface area contributed by atoms with E-state index in [0.29, 0.717) is 10.6 Å². The highest BCUT2D eigenvalue weighted by atomic mass is 35.5. The molecule has 7 nitrogen and oxygen atoms in total. The van der Waals surface area contributed by atoms with E-state index in [1.165, 1.54) is 0 Å². The zero-order chi connectivity index (χ0) is 28.7. The number of hydrogen-bond acceptors (Lipinski definition) is 5. The Balaban J connectivity index is 3.31. The summed E-state index contributed by atoms with van der Waals surface area (Å²) in [4.78, 5) is 41.3. The monoisotopic (exact) mass is 535 g/mol. The number of ether oxygens (including phenoxy) is 1. The number of amides is 2. The highest BCUT2D eigenvalue weighted by molar-refractivity contribution is 6.30. The molecule has 1 unspecified atom stereocenters. The summed E-state index contributed by atoms with van der Waals surface area (Å²) >= 11 is 6.22. The standard InChI is InChI=1S/C29H46ClN3O4/c1-12-37-27(36)19(4)16-22(18(2)3)33(11)26(35)24(28(5,6)7)32-25(34)23(31-10)29(8,9)20-14-13-15-21(30)17-20/h13-18,22-24,31H,12H2,1-11H3,(H,32,34)/b19-16+/t22-,23-,24?/m1/s1. The molecule has 0 saturated heterocycles. The van der Waals surface area contributed by atoms with Gasteiger partial charge in [-0.05, 0) is 49.9 Å². The van der Waals surface area contributed by atoms with Crippen molar-refractivity contribution in [3.8, 4) is 0 Å². The van der Waals surface area contributed by atoms with Crippen LogP contribution in [0.5, 0.6) is 0 Å². The normalized spacial score (nSPS) is 15.1. The topological polar surface area (TPSA) is 87.7 Å². The van der Waals surface area contributed by atoms with Crippen LogP contribution in [0.1, 0.15) is 67.9 Å². The molecular weight excluding hydrogens is 490 g/mol. The maximum absolute atomic E-state index is 13.9. The van der Waals surface area contributed by atoms with Gasteiger partial charge in [0.2, 0.25) is 11.8 Å². The lowest BCUT2D eigenvalue weighted by molar-refractivity contribution is -0.141. The van der Waals surface area contributed by atoms with E-state index in [1.807, 2.05) is 66.7 Å². The highest BCUT2D eigenvalue weighted by Gasteiger charge is 2.41. The average Bonchev–Trinajstić information content (AvgIpc) is 2.79. The fraction of sp³-hybridized carbons (Fsp3) is 0.621. The second kappa shape index (κ2) is 13.4. The SMILES string of the molecule is CCOC(=O)/C(C)=C/[C@H](C(C)C)N(C)C(=O)C(NC(=O)[C@@H](NC)C(C)(C)c1cccc(Cl)c1)C(C)(C)C. The maximum atomic E-state index is 13.9. The third kappa shape index (κ3) is 8.57. The molecule has 1 aromatic rings. The smallest absolute Gasteiger partial charge is 0.333 e. The lowest BCUT2D eigenvalue weighted by Gasteiger charge is -2.40. The Morgan fingerprint density at radius 2 is 1.70 bits per heavy atom. The number of likely N-dealkylation sites (N-methyl/N-ethyl adjacent to an activating group) is 2. The second-order valence-corrected chi connectivity index (χ2v) is 12.0. The summed E-state index contributed by atoms with van der Waals surface area (Å²) in [6.45, 7) is 17.4. The van der Waals surface area contributed by atoms with Gasteiger partial charge < -0.3 is 20.3 Å². The largest absolute Gasteiger partial charge is 0.463 e. The molecule has 208 valence electrons. The zero-order valence-electron chi connectivity index (χ0n) is 24.4. The summed E-state index contributed by atoms with van der Waals surface area (Å²) in [6.07, 6.45) is 1.76. The quantitative estimate of drug-likeness (QED) is 0.316. The van der Waals surface area contributed by atoms with Crippen LogP contribution >= 0.6 is 11.6 Å². The summed E-state index contributed by atoms with van der Waals surface area (Å²) in [5, 5.41) is 6.76. The van der Waals surface area contributed by atoms with Gasteiger partial charge in [0.15, 0.2) is 0 Å². The van der Waals surface area contributed by atoms with Crippen LogP contribution in [0.2, 0.25) is 5.02 Å². The van der Waals surface area contributed by atoms with Crippen LogP contribution in [0, 0.1) is 11.3 Å². The number of halogens is 1. The Morgan fingerprint density at radius 1 is 1.11 bits per heavy atom. The Bertz CT molecular complexity index is 982. The zero-order valence-corrected chi connectivity index (χ0v) is 25.1. The van der Waals surface area contributed by atoms with Gasteiger partial charge in [0.25, 0.3) is 0 Å². The van der Waals surface area contributed by atoms with Crippen molar-refractivity contribution < 1.29 is 19.1 Å². The van der Waals surface area contributed by atoms with E-state index in [9.17, 15) is 14.4 Å². The fourth-order valence-electron chi connectivity index (χ4n) is 4.42. The molecule has 0 radical (unpaired) electrons.